The molecule has 21 heavy (non-hydrogen) atoms. The van der Waals surface area contributed by atoms with Crippen molar-refractivity contribution >= 4 is 11.6 Å². The number of carbonyl (C=O) groups excluding carboxylic acids is 1. The Labute approximate surface area is 123 Å². The minimum atomic E-state index is -0.338. The number of nitrogens with one attached hydrogen (secondary N) is 1. The number of aromatic amines is 1. The molecule has 0 saturated carbocycles. The van der Waals surface area contributed by atoms with E-state index in [1.807, 2.05) is 13.8 Å². The molecule has 1 amide bonds. The Balaban J connectivity index is 2.18. The van der Waals surface area contributed by atoms with E-state index in [4.69, 9.17) is 5.73 Å². The summed E-state index contributed by atoms with van der Waals surface area (Å²) in [5.41, 5.74) is 7.67. The average molecular weight is 290 g/mol. The van der Waals surface area contributed by atoms with Gasteiger partial charge in [0.15, 0.2) is 5.69 Å². The Morgan fingerprint density at radius 2 is 2.10 bits per heavy atom. The van der Waals surface area contributed by atoms with Crippen molar-refractivity contribution in [1.29, 1.82) is 0 Å². The molecular weight excluding hydrogens is 271 g/mol. The number of anilines is 1. The third-order valence-electron chi connectivity index (χ3n) is 3.33. The number of hydrogen-bond acceptors (Lipinski definition) is 3. The van der Waals surface area contributed by atoms with Gasteiger partial charge in [-0.1, -0.05) is 32.0 Å². The number of hydrogen-bond donors (Lipinski definition) is 2. The molecule has 0 saturated heterocycles. The second-order valence-electron chi connectivity index (χ2n) is 5.31. The van der Waals surface area contributed by atoms with Crippen molar-refractivity contribution in [2.45, 2.75) is 26.3 Å². The molecule has 0 aliphatic heterocycles. The first-order valence-corrected chi connectivity index (χ1v) is 6.74. The monoisotopic (exact) mass is 290 g/mol. The van der Waals surface area contributed by atoms with Crippen molar-refractivity contribution in [2.24, 2.45) is 0 Å². The molecule has 0 aliphatic carbocycles. The van der Waals surface area contributed by atoms with Crippen LogP contribution >= 0.6 is 0 Å². The molecule has 0 atom stereocenters. The van der Waals surface area contributed by atoms with Crippen molar-refractivity contribution in [3.8, 4) is 0 Å². The molecule has 0 spiro atoms. The van der Waals surface area contributed by atoms with Gasteiger partial charge in [0, 0.05) is 19.2 Å². The zero-order valence-electron chi connectivity index (χ0n) is 12.4. The van der Waals surface area contributed by atoms with Crippen molar-refractivity contribution in [3.05, 3.63) is 47.0 Å². The van der Waals surface area contributed by atoms with Gasteiger partial charge in [0.2, 0.25) is 0 Å². The maximum Gasteiger partial charge on any atom is 0.276 e. The summed E-state index contributed by atoms with van der Waals surface area (Å²) in [6.07, 6.45) is 0. The quantitative estimate of drug-likeness (QED) is 0.908. The van der Waals surface area contributed by atoms with Crippen LogP contribution in [0.3, 0.4) is 0 Å². The molecule has 0 radical (unpaired) electrons. The van der Waals surface area contributed by atoms with E-state index in [1.165, 1.54) is 11.0 Å². The highest BCUT2D eigenvalue weighted by Gasteiger charge is 2.22. The molecule has 1 heterocycles. The van der Waals surface area contributed by atoms with Crippen LogP contribution in [-0.2, 0) is 6.54 Å². The summed E-state index contributed by atoms with van der Waals surface area (Å²) in [4.78, 5) is 13.8. The summed E-state index contributed by atoms with van der Waals surface area (Å²) in [6, 6.07) is 6.36. The van der Waals surface area contributed by atoms with Crippen molar-refractivity contribution in [2.75, 3.05) is 12.8 Å². The fraction of sp³-hybridized carbons (Fsp3) is 0.333. The lowest BCUT2D eigenvalue weighted by Gasteiger charge is -2.16. The van der Waals surface area contributed by atoms with Crippen LogP contribution in [0.2, 0.25) is 0 Å². The van der Waals surface area contributed by atoms with Gasteiger partial charge in [-0.05, 0) is 12.0 Å². The van der Waals surface area contributed by atoms with E-state index in [1.54, 1.807) is 25.2 Å². The second kappa shape index (κ2) is 5.95. The molecule has 0 unspecified atom stereocenters. The topological polar surface area (TPSA) is 75.0 Å². The van der Waals surface area contributed by atoms with E-state index in [9.17, 15) is 9.18 Å². The zero-order valence-corrected chi connectivity index (χ0v) is 12.4. The lowest BCUT2D eigenvalue weighted by atomic mass is 10.1. The first-order chi connectivity index (χ1) is 9.91. The predicted molar refractivity (Wildman–Crippen MR) is 79.3 cm³/mol. The van der Waals surface area contributed by atoms with Crippen LogP contribution in [0.1, 0.15) is 41.5 Å². The van der Waals surface area contributed by atoms with Crippen LogP contribution in [0.25, 0.3) is 0 Å². The molecule has 112 valence electrons. The maximum absolute atomic E-state index is 13.6. The molecule has 1 aromatic carbocycles. The highest BCUT2D eigenvalue weighted by molar-refractivity contribution is 5.97. The Morgan fingerprint density at radius 3 is 2.67 bits per heavy atom. The van der Waals surface area contributed by atoms with Gasteiger partial charge in [0.1, 0.15) is 5.82 Å². The van der Waals surface area contributed by atoms with E-state index in [0.717, 1.165) is 5.69 Å². The number of nitrogen functional groups attached to an aromatic ring is 1. The molecule has 3 N–H and O–H groups in total. The molecule has 2 rings (SSSR count). The molecule has 0 aliphatic rings. The highest BCUT2D eigenvalue weighted by atomic mass is 19.1. The fourth-order valence-corrected chi connectivity index (χ4v) is 2.10. The lowest BCUT2D eigenvalue weighted by molar-refractivity contribution is 0.0779. The third kappa shape index (κ3) is 3.04. The van der Waals surface area contributed by atoms with Gasteiger partial charge in [0.25, 0.3) is 5.91 Å². The summed E-state index contributed by atoms with van der Waals surface area (Å²) in [6.45, 7) is 4.08. The number of amides is 1. The Kier molecular flexibility index (Phi) is 4.26. The van der Waals surface area contributed by atoms with Gasteiger partial charge in [-0.2, -0.15) is 5.10 Å². The minimum absolute atomic E-state index is 0.149. The number of benzene rings is 1. The largest absolute Gasteiger partial charge is 0.395 e. The molecule has 2 aromatic rings. The normalized spacial score (nSPS) is 10.9. The number of H-pyrrole nitrogens is 1. The van der Waals surface area contributed by atoms with Gasteiger partial charge in [-0.25, -0.2) is 4.39 Å². The lowest BCUT2D eigenvalue weighted by Crippen LogP contribution is -2.27. The Morgan fingerprint density at radius 1 is 1.43 bits per heavy atom. The summed E-state index contributed by atoms with van der Waals surface area (Å²) < 4.78 is 13.6. The standard InChI is InChI=1S/C15H19FN4O/c1-9(2)13-12(17)14(19-18-13)15(21)20(3)8-10-6-4-5-7-11(10)16/h4-7,9H,8,17H2,1-3H3,(H,18,19). The van der Waals surface area contributed by atoms with Crippen LogP contribution in [-0.4, -0.2) is 28.1 Å². The smallest absolute Gasteiger partial charge is 0.276 e. The van der Waals surface area contributed by atoms with Crippen molar-refractivity contribution in [3.63, 3.8) is 0 Å². The Bertz CT molecular complexity index is 651. The van der Waals surface area contributed by atoms with Crippen LogP contribution < -0.4 is 5.73 Å². The van der Waals surface area contributed by atoms with E-state index in [0.29, 0.717) is 11.3 Å². The summed E-state index contributed by atoms with van der Waals surface area (Å²) in [5, 5.41) is 6.78. The number of nitrogens with two attached hydrogens (primary N) is 1. The van der Waals surface area contributed by atoms with Gasteiger partial charge in [-0.3, -0.25) is 9.89 Å². The third-order valence-corrected chi connectivity index (χ3v) is 3.33. The number of halogens is 1. The first-order valence-electron chi connectivity index (χ1n) is 6.74. The molecule has 6 heteroatoms. The molecule has 1 aromatic heterocycles. The number of nitrogens with zero attached hydrogens (tertiary/aromatic N) is 2. The van der Waals surface area contributed by atoms with E-state index < -0.39 is 0 Å². The first kappa shape index (κ1) is 15.0. The average Bonchev–Trinajstić information content (AvgIpc) is 2.82. The van der Waals surface area contributed by atoms with Gasteiger partial charge >= 0.3 is 0 Å². The predicted octanol–water partition coefficient (Wildman–Crippen LogP) is 2.53. The summed E-state index contributed by atoms with van der Waals surface area (Å²) >= 11 is 0. The summed E-state index contributed by atoms with van der Waals surface area (Å²) in [5.74, 6) is -0.523. The van der Waals surface area contributed by atoms with Crippen molar-refractivity contribution in [1.82, 2.24) is 15.1 Å². The number of aromatic nitrogens is 2. The number of rotatable bonds is 4. The molecule has 0 bridgehead atoms. The second-order valence-corrected chi connectivity index (χ2v) is 5.31. The maximum atomic E-state index is 13.6. The Hall–Kier alpha value is -2.37. The van der Waals surface area contributed by atoms with Crippen LogP contribution in [0.15, 0.2) is 24.3 Å². The zero-order chi connectivity index (χ0) is 15.6. The SMILES string of the molecule is CC(C)c1[nH]nc(C(=O)N(C)Cc2ccccc2F)c1N. The minimum Gasteiger partial charge on any atom is -0.395 e. The van der Waals surface area contributed by atoms with Crippen LogP contribution in [0.5, 0.6) is 0 Å². The van der Waals surface area contributed by atoms with Crippen LogP contribution in [0.4, 0.5) is 10.1 Å². The van der Waals surface area contributed by atoms with E-state index in [-0.39, 0.29) is 29.9 Å². The highest BCUT2D eigenvalue weighted by Crippen LogP contribution is 2.23. The van der Waals surface area contributed by atoms with Crippen molar-refractivity contribution < 1.29 is 9.18 Å². The molecule has 5 nitrogen and oxygen atoms in total. The van der Waals surface area contributed by atoms with Gasteiger partial charge in [0.05, 0.1) is 11.4 Å². The number of carbonyl (C=O) groups is 1. The molecule has 0 fully saturated rings. The van der Waals surface area contributed by atoms with E-state index in [2.05, 4.69) is 10.2 Å². The fourth-order valence-electron chi connectivity index (χ4n) is 2.10. The van der Waals surface area contributed by atoms with Gasteiger partial charge in [-0.15, -0.1) is 0 Å². The van der Waals surface area contributed by atoms with Crippen LogP contribution in [0, 0.1) is 5.82 Å². The summed E-state index contributed by atoms with van der Waals surface area (Å²) in [7, 11) is 1.60. The van der Waals surface area contributed by atoms with E-state index >= 15 is 0 Å². The molecular formula is C15H19FN4O. The van der Waals surface area contributed by atoms with Gasteiger partial charge < -0.3 is 10.6 Å².